The second-order valence-corrected chi connectivity index (χ2v) is 5.43. The molecule has 20 heavy (non-hydrogen) atoms. The van der Waals surface area contributed by atoms with E-state index in [-0.39, 0.29) is 12.0 Å². The van der Waals surface area contributed by atoms with Crippen molar-refractivity contribution in [1.29, 1.82) is 0 Å². The van der Waals surface area contributed by atoms with Crippen molar-refractivity contribution >= 4 is 35.3 Å². The van der Waals surface area contributed by atoms with Crippen LogP contribution in [-0.4, -0.2) is 46.1 Å². The first kappa shape index (κ1) is 14.6. The molecule has 1 aliphatic rings. The molecule has 7 nitrogen and oxygen atoms in total. The van der Waals surface area contributed by atoms with E-state index < -0.39 is 12.1 Å². The van der Waals surface area contributed by atoms with Gasteiger partial charge in [0.2, 0.25) is 5.91 Å². The number of fused-ring (bicyclic) bond motifs is 1. The van der Waals surface area contributed by atoms with Gasteiger partial charge in [-0.1, -0.05) is 0 Å². The normalized spacial score (nSPS) is 17.7. The van der Waals surface area contributed by atoms with Gasteiger partial charge in [0.15, 0.2) is 5.82 Å². The first-order valence-corrected chi connectivity index (χ1v) is 7.53. The summed E-state index contributed by atoms with van der Waals surface area (Å²) in [6, 6.07) is -0.640. The predicted molar refractivity (Wildman–Crippen MR) is 76.9 cm³/mol. The number of aromatic nitrogens is 2. The number of ether oxygens (including phenoxy) is 1. The summed E-state index contributed by atoms with van der Waals surface area (Å²) in [7, 11) is 0. The van der Waals surface area contributed by atoms with E-state index in [9.17, 15) is 9.59 Å². The number of anilines is 2. The molecule has 0 aliphatic carbocycles. The van der Waals surface area contributed by atoms with E-state index in [0.29, 0.717) is 17.3 Å². The Morgan fingerprint density at radius 2 is 2.35 bits per heavy atom. The van der Waals surface area contributed by atoms with Gasteiger partial charge in [-0.25, -0.2) is 19.7 Å². The number of carbonyl (C=O) groups excluding carboxylic acids is 2. The van der Waals surface area contributed by atoms with Crippen LogP contribution in [0.15, 0.2) is 12.5 Å². The number of amides is 2. The highest BCUT2D eigenvalue weighted by Gasteiger charge is 2.39. The summed E-state index contributed by atoms with van der Waals surface area (Å²) < 4.78 is 5.21. The van der Waals surface area contributed by atoms with Crippen molar-refractivity contribution in [3.8, 4) is 0 Å². The van der Waals surface area contributed by atoms with Crippen molar-refractivity contribution in [2.75, 3.05) is 22.2 Å². The zero-order valence-electron chi connectivity index (χ0n) is 11.5. The van der Waals surface area contributed by atoms with Crippen LogP contribution in [0, 0.1) is 0 Å². The molecule has 0 saturated heterocycles. The Balaban J connectivity index is 2.40. The molecule has 1 aromatic rings. The van der Waals surface area contributed by atoms with Crippen molar-refractivity contribution in [1.82, 2.24) is 9.97 Å². The van der Waals surface area contributed by atoms with Crippen LogP contribution in [0.2, 0.25) is 0 Å². The molecule has 1 atom stereocenters. The lowest BCUT2D eigenvalue weighted by atomic mass is 10.2. The topological polar surface area (TPSA) is 84.4 Å². The van der Waals surface area contributed by atoms with Gasteiger partial charge >= 0.3 is 6.09 Å². The van der Waals surface area contributed by atoms with Gasteiger partial charge in [0, 0.05) is 5.75 Å². The summed E-state index contributed by atoms with van der Waals surface area (Å²) in [4.78, 5) is 33.6. The molecule has 108 valence electrons. The Morgan fingerprint density at radius 3 is 3.00 bits per heavy atom. The molecule has 2 rings (SSSR count). The number of hydrogen-bond donors (Lipinski definition) is 1. The summed E-state index contributed by atoms with van der Waals surface area (Å²) in [6.45, 7) is 3.51. The fourth-order valence-electron chi connectivity index (χ4n) is 1.86. The summed E-state index contributed by atoms with van der Waals surface area (Å²) >= 11 is 1.47. The first-order valence-electron chi connectivity index (χ1n) is 6.14. The van der Waals surface area contributed by atoms with Crippen LogP contribution >= 0.6 is 11.8 Å². The minimum Gasteiger partial charge on any atom is -0.446 e. The molecular weight excluding hydrogens is 280 g/mol. The number of carbonyl (C=O) groups is 2. The van der Waals surface area contributed by atoms with E-state index in [1.807, 2.05) is 6.26 Å². The minimum atomic E-state index is -0.640. The molecule has 2 heterocycles. The Kier molecular flexibility index (Phi) is 4.43. The highest BCUT2D eigenvalue weighted by atomic mass is 32.2. The van der Waals surface area contributed by atoms with Gasteiger partial charge in [-0.2, -0.15) is 11.8 Å². The molecule has 0 radical (unpaired) electrons. The van der Waals surface area contributed by atoms with Crippen LogP contribution in [0.3, 0.4) is 0 Å². The quantitative estimate of drug-likeness (QED) is 0.910. The minimum absolute atomic E-state index is 0.262. The summed E-state index contributed by atoms with van der Waals surface area (Å²) in [5.74, 6) is 0.564. The highest BCUT2D eigenvalue weighted by Crippen LogP contribution is 2.30. The lowest BCUT2D eigenvalue weighted by Crippen LogP contribution is -2.53. The van der Waals surface area contributed by atoms with E-state index in [2.05, 4.69) is 15.3 Å². The summed E-state index contributed by atoms with van der Waals surface area (Å²) in [5.41, 5.74) is 0.413. The maximum Gasteiger partial charge on any atom is 0.416 e. The zero-order valence-corrected chi connectivity index (χ0v) is 12.3. The Labute approximate surface area is 121 Å². The van der Waals surface area contributed by atoms with Crippen LogP contribution in [0.25, 0.3) is 0 Å². The fraction of sp³-hybridized carbons (Fsp3) is 0.500. The predicted octanol–water partition coefficient (Wildman–Crippen LogP) is 1.51. The number of thioether (sulfide) groups is 1. The molecule has 8 heteroatoms. The van der Waals surface area contributed by atoms with Crippen LogP contribution in [0.4, 0.5) is 16.3 Å². The zero-order chi connectivity index (χ0) is 14.7. The van der Waals surface area contributed by atoms with E-state index >= 15 is 0 Å². The van der Waals surface area contributed by atoms with Crippen molar-refractivity contribution < 1.29 is 14.3 Å². The van der Waals surface area contributed by atoms with E-state index in [0.717, 1.165) is 0 Å². The lowest BCUT2D eigenvalue weighted by Gasteiger charge is -2.34. The molecule has 1 N–H and O–H groups in total. The van der Waals surface area contributed by atoms with E-state index in [4.69, 9.17) is 4.74 Å². The molecule has 0 fully saturated rings. The molecule has 1 unspecified atom stereocenters. The van der Waals surface area contributed by atoms with Crippen molar-refractivity contribution in [2.24, 2.45) is 0 Å². The van der Waals surface area contributed by atoms with Crippen molar-refractivity contribution in [3.05, 3.63) is 12.5 Å². The first-order chi connectivity index (χ1) is 9.54. The second-order valence-electron chi connectivity index (χ2n) is 4.52. The average molecular weight is 296 g/mol. The van der Waals surface area contributed by atoms with Crippen LogP contribution in [0.5, 0.6) is 0 Å². The van der Waals surface area contributed by atoms with Gasteiger partial charge in [-0.05, 0) is 20.1 Å². The van der Waals surface area contributed by atoms with Crippen LogP contribution in [0.1, 0.15) is 13.8 Å². The third-order valence-corrected chi connectivity index (χ3v) is 3.30. The molecule has 0 spiro atoms. The molecule has 0 bridgehead atoms. The van der Waals surface area contributed by atoms with Gasteiger partial charge in [-0.3, -0.25) is 4.79 Å². The van der Waals surface area contributed by atoms with Crippen LogP contribution < -0.4 is 10.2 Å². The van der Waals surface area contributed by atoms with Crippen LogP contribution in [-0.2, 0) is 9.53 Å². The lowest BCUT2D eigenvalue weighted by molar-refractivity contribution is -0.117. The second kappa shape index (κ2) is 6.08. The monoisotopic (exact) mass is 296 g/mol. The molecule has 1 aromatic heterocycles. The Morgan fingerprint density at radius 1 is 1.60 bits per heavy atom. The maximum absolute atomic E-state index is 12.3. The third-order valence-electron chi connectivity index (χ3n) is 2.65. The molecule has 2 amide bonds. The van der Waals surface area contributed by atoms with E-state index in [1.54, 1.807) is 13.8 Å². The molecular formula is C12H16N4O3S. The van der Waals surface area contributed by atoms with Gasteiger partial charge in [-0.15, -0.1) is 0 Å². The average Bonchev–Trinajstić information content (AvgIpc) is 2.38. The number of nitrogens with one attached hydrogen (secondary N) is 1. The molecule has 1 aliphatic heterocycles. The largest absolute Gasteiger partial charge is 0.446 e. The summed E-state index contributed by atoms with van der Waals surface area (Å²) in [5, 5.41) is 2.71. The molecule has 0 saturated carbocycles. The van der Waals surface area contributed by atoms with Gasteiger partial charge in [0.05, 0.1) is 12.3 Å². The third kappa shape index (κ3) is 2.84. The van der Waals surface area contributed by atoms with Gasteiger partial charge in [0.25, 0.3) is 0 Å². The standard InChI is InChI=1S/C12H16N4O3S/c1-7(2)19-12(18)16-9(5-20-3)11(17)15-8-4-13-6-14-10(8)16/h4,6-7,9H,5H2,1-3H3,(H,15,17). The molecule has 0 aromatic carbocycles. The fourth-order valence-corrected chi connectivity index (χ4v) is 2.48. The number of rotatable bonds is 3. The maximum atomic E-state index is 12.3. The van der Waals surface area contributed by atoms with Crippen molar-refractivity contribution in [2.45, 2.75) is 26.0 Å². The Hall–Kier alpha value is -1.83. The van der Waals surface area contributed by atoms with Crippen molar-refractivity contribution in [3.63, 3.8) is 0 Å². The summed E-state index contributed by atoms with van der Waals surface area (Å²) in [6.07, 6.45) is 3.82. The highest BCUT2D eigenvalue weighted by molar-refractivity contribution is 7.98. The number of nitrogens with zero attached hydrogens (tertiary/aromatic N) is 3. The number of hydrogen-bond acceptors (Lipinski definition) is 6. The van der Waals surface area contributed by atoms with Gasteiger partial charge in [0.1, 0.15) is 18.1 Å². The Bertz CT molecular complexity index is 523. The smallest absolute Gasteiger partial charge is 0.416 e. The van der Waals surface area contributed by atoms with Gasteiger partial charge < -0.3 is 10.1 Å². The van der Waals surface area contributed by atoms with E-state index in [1.165, 1.54) is 29.2 Å². The SMILES string of the molecule is CSCC1C(=O)Nc2cncnc2N1C(=O)OC(C)C.